The third-order valence-electron chi connectivity index (χ3n) is 17.3. The van der Waals surface area contributed by atoms with Crippen molar-refractivity contribution >= 4 is 67.3 Å². The zero-order valence-corrected chi connectivity index (χ0v) is 64.0. The first-order valence-corrected chi connectivity index (χ1v) is 37.1. The van der Waals surface area contributed by atoms with Crippen LogP contribution >= 0.6 is 0 Å². The first kappa shape index (κ1) is 88.7. The van der Waals surface area contributed by atoms with Gasteiger partial charge in [0.05, 0.1) is 52.1 Å². The van der Waals surface area contributed by atoms with Crippen LogP contribution < -0.4 is 29.6 Å². The number of likely N-dealkylation sites (tertiary alicyclic amines) is 2. The Labute approximate surface area is 607 Å². The lowest BCUT2D eigenvalue weighted by Crippen LogP contribution is -2.40. The van der Waals surface area contributed by atoms with E-state index in [-0.39, 0.29) is 118 Å². The number of nitrogens with one attached hydrogen (secondary N) is 2. The van der Waals surface area contributed by atoms with Crippen molar-refractivity contribution in [2.24, 2.45) is 32.5 Å². The van der Waals surface area contributed by atoms with E-state index in [1.807, 2.05) is 55.4 Å². The Bertz CT molecular complexity index is 3540. The molecule has 4 aromatic rings. The molecule has 2 atom stereocenters. The van der Waals surface area contributed by atoms with Gasteiger partial charge in [0.25, 0.3) is 0 Å². The lowest BCUT2D eigenvalue weighted by Gasteiger charge is -2.31. The van der Waals surface area contributed by atoms with E-state index in [0.717, 1.165) is 12.8 Å². The van der Waals surface area contributed by atoms with Crippen molar-refractivity contribution in [3.8, 4) is 23.0 Å². The summed E-state index contributed by atoms with van der Waals surface area (Å²) in [4.78, 5) is 106. The van der Waals surface area contributed by atoms with Gasteiger partial charge in [-0.05, 0) is 274 Å². The van der Waals surface area contributed by atoms with E-state index in [4.69, 9.17) is 28.4 Å². The molecule has 0 spiro atoms. The summed E-state index contributed by atoms with van der Waals surface area (Å²) in [5.41, 5.74) is -6.01. The summed E-state index contributed by atoms with van der Waals surface area (Å²) in [5, 5.41) is 6.51. The topological polar surface area (TPSA) is 291 Å². The molecule has 24 heteroatoms. The van der Waals surface area contributed by atoms with Crippen LogP contribution in [0.4, 0.5) is 0 Å². The largest absolute Gasteiger partial charge is 0.464 e. The molecule has 2 amide bonds. The number of sulfone groups is 2. The van der Waals surface area contributed by atoms with Gasteiger partial charge in [0, 0.05) is 62.2 Å². The summed E-state index contributed by atoms with van der Waals surface area (Å²) < 4.78 is 86.7. The molecule has 2 unspecified atom stereocenters. The maximum absolute atomic E-state index is 13.4. The van der Waals surface area contributed by atoms with Crippen LogP contribution in [0.1, 0.15) is 205 Å². The molecule has 2 fully saturated rings. The van der Waals surface area contributed by atoms with Crippen molar-refractivity contribution in [3.05, 3.63) is 97.1 Å². The van der Waals surface area contributed by atoms with Gasteiger partial charge in [-0.15, -0.1) is 0 Å². The molecule has 2 aliphatic rings. The molecule has 2 aliphatic heterocycles. The number of hydrogen-bond acceptors (Lipinski definition) is 20. The van der Waals surface area contributed by atoms with Crippen molar-refractivity contribution in [2.75, 3.05) is 39.4 Å². The number of esters is 6. The van der Waals surface area contributed by atoms with E-state index in [9.17, 15) is 55.2 Å². The van der Waals surface area contributed by atoms with Gasteiger partial charge >= 0.3 is 35.8 Å². The second kappa shape index (κ2) is 35.3. The first-order valence-electron chi connectivity index (χ1n) is 34.1. The fourth-order valence-electron chi connectivity index (χ4n) is 12.2. The van der Waals surface area contributed by atoms with Crippen LogP contribution in [0, 0.1) is 32.5 Å². The zero-order chi connectivity index (χ0) is 75.4. The van der Waals surface area contributed by atoms with Crippen molar-refractivity contribution < 1.29 is 83.6 Å². The smallest absolute Gasteiger partial charge is 0.316 e. The highest BCUT2D eigenvalue weighted by atomic mass is 32.2. The Morgan fingerprint density at radius 1 is 0.382 bits per heavy atom. The van der Waals surface area contributed by atoms with Crippen LogP contribution in [-0.4, -0.2) is 137 Å². The summed E-state index contributed by atoms with van der Waals surface area (Å²) in [5.74, 6) is -2.04. The lowest BCUT2D eigenvalue weighted by molar-refractivity contribution is -0.159. The molecule has 0 radical (unpaired) electrons. The van der Waals surface area contributed by atoms with Crippen LogP contribution in [0.2, 0.25) is 0 Å². The van der Waals surface area contributed by atoms with Gasteiger partial charge in [-0.25, -0.2) is 16.8 Å². The molecule has 2 heterocycles. The molecule has 0 aliphatic carbocycles. The highest BCUT2D eigenvalue weighted by Gasteiger charge is 2.44. The predicted octanol–water partition coefficient (Wildman–Crippen LogP) is 13.5. The number of hydrogen-bond donors (Lipinski definition) is 2. The summed E-state index contributed by atoms with van der Waals surface area (Å²) in [7, 11) is -7.89. The Balaban J connectivity index is 0.000000529. The van der Waals surface area contributed by atoms with Gasteiger partial charge in [0.15, 0.2) is 0 Å². The van der Waals surface area contributed by atoms with Crippen LogP contribution in [0.5, 0.6) is 23.0 Å². The average Bonchev–Trinajstić information content (AvgIpc) is 0.953. The number of benzene rings is 4. The molecule has 22 nitrogen and oxygen atoms in total. The van der Waals surface area contributed by atoms with Crippen LogP contribution in [-0.2, 0) is 67.5 Å². The van der Waals surface area contributed by atoms with E-state index in [1.165, 1.54) is 97.1 Å². The Morgan fingerprint density at radius 2 is 0.608 bits per heavy atom. The molecular formula is C78H116N4O18S2. The number of amides is 2. The first-order chi connectivity index (χ1) is 45.9. The molecule has 0 bridgehead atoms. The van der Waals surface area contributed by atoms with Crippen molar-refractivity contribution in [2.45, 2.75) is 247 Å². The number of rotatable bonds is 30. The van der Waals surface area contributed by atoms with E-state index in [1.54, 1.807) is 92.9 Å². The van der Waals surface area contributed by atoms with Crippen LogP contribution in [0.15, 0.2) is 117 Å². The molecular weight excluding hydrogens is 1350 g/mol. The third-order valence-corrected chi connectivity index (χ3v) is 20.9. The monoisotopic (exact) mass is 1460 g/mol. The van der Waals surface area contributed by atoms with E-state index in [2.05, 4.69) is 10.6 Å². The number of nitrogens with zero attached hydrogens (tertiary/aromatic N) is 2. The minimum atomic E-state index is -3.98. The molecule has 568 valence electrons. The zero-order valence-electron chi connectivity index (χ0n) is 62.4. The average molecular weight is 1460 g/mol. The third kappa shape index (κ3) is 25.4. The predicted molar refractivity (Wildman–Crippen MR) is 392 cm³/mol. The summed E-state index contributed by atoms with van der Waals surface area (Å²) in [6.45, 7) is 39.4. The van der Waals surface area contributed by atoms with E-state index < -0.39 is 88.0 Å². The van der Waals surface area contributed by atoms with Gasteiger partial charge in [-0.1, -0.05) is 14.9 Å². The van der Waals surface area contributed by atoms with Gasteiger partial charge in [0.1, 0.15) is 36.2 Å². The maximum Gasteiger partial charge on any atom is 0.316 e. The highest BCUT2D eigenvalue weighted by molar-refractivity contribution is 7.91. The van der Waals surface area contributed by atoms with Gasteiger partial charge in [-0.3, -0.25) is 38.4 Å². The molecule has 0 aromatic heterocycles. The molecule has 2 N–H and O–H groups in total. The Kier molecular flexibility index (Phi) is 30.7. The normalized spacial score (nSPS) is 14.8. The molecule has 6 rings (SSSR count). The minimum absolute atomic E-state index is 0. The minimum Gasteiger partial charge on any atom is -0.464 e. The summed E-state index contributed by atoms with van der Waals surface area (Å²) in [6, 6.07) is 21.9. The fourth-order valence-corrected chi connectivity index (χ4v) is 14.7. The highest BCUT2D eigenvalue weighted by Crippen LogP contribution is 2.39. The molecule has 0 saturated carbocycles. The van der Waals surface area contributed by atoms with Crippen LogP contribution in [0.25, 0.3) is 0 Å². The molecule has 4 aromatic carbocycles. The van der Waals surface area contributed by atoms with Crippen molar-refractivity contribution in [1.82, 2.24) is 20.4 Å². The lowest BCUT2D eigenvalue weighted by atomic mass is 9.75. The van der Waals surface area contributed by atoms with Gasteiger partial charge in [0.2, 0.25) is 31.5 Å². The fraction of sp³-hybridized carbons (Fsp3) is 0.590. The quantitative estimate of drug-likeness (QED) is 0.0278. The standard InChI is InChI=1S/C42H64N2O10S.C34H44N2O8S.2CH4/c1-37(2,3)43-23-25-51-33(45)39(7,8)27-41(11,12)35(47)53-29-15-19-31(20-16-29)55(49,50)32-21-17-30(18-22-32)54-36(48)42(13,14)28-40(9,10)34(46)52-26-24-44-38(4,5)6;1-23(35-19-7-9-29(35)37)21-33(3,4)31(39)43-25-11-15-27(16-12-25)45(41,42)28-17-13-26(14-18-28)44-32(40)34(5,6)22-24(2)36-20-8-10-30(36)38;;/h15-22,43-44H,23-28H2,1-14H3;11-18,23-24H,7-10,19-22H2,1-6H3;2*1H4. The maximum atomic E-state index is 13.4. The van der Waals surface area contributed by atoms with Gasteiger partial charge in [-0.2, -0.15) is 0 Å². The SMILES string of the molecule is C.C.CC(C)(C)NCCOC(=O)C(C)(C)CC(C)(C)C(=O)Oc1ccc(S(=O)(=O)c2ccc(OC(=O)C(C)(C)CC(C)(C)C(=O)OCCNC(C)(C)C)cc2)cc1.CC(CC(C)(C)C(=O)Oc1ccc(S(=O)(=O)c2ccc(OC(=O)C(C)(C)CC(C)N3CCCC3=O)cc2)cc1)N1CCCC1=O. The Hall–Kier alpha value is -7.54. The second-order valence-corrected chi connectivity index (χ2v) is 36.1. The number of carbonyl (C=O) groups is 8. The molecule has 2 saturated heterocycles. The van der Waals surface area contributed by atoms with E-state index in [0.29, 0.717) is 51.9 Å². The number of carbonyl (C=O) groups excluding carboxylic acids is 8. The van der Waals surface area contributed by atoms with Crippen molar-refractivity contribution in [3.63, 3.8) is 0 Å². The van der Waals surface area contributed by atoms with E-state index >= 15 is 0 Å². The Morgan fingerprint density at radius 3 is 0.824 bits per heavy atom. The van der Waals surface area contributed by atoms with Gasteiger partial charge < -0.3 is 48.9 Å². The van der Waals surface area contributed by atoms with Crippen LogP contribution in [0.3, 0.4) is 0 Å². The second-order valence-electron chi connectivity index (χ2n) is 32.2. The summed E-state index contributed by atoms with van der Waals surface area (Å²) in [6.07, 6.45) is 3.89. The number of ether oxygens (including phenoxy) is 6. The summed E-state index contributed by atoms with van der Waals surface area (Å²) >= 11 is 0. The van der Waals surface area contributed by atoms with Crippen molar-refractivity contribution in [1.29, 1.82) is 0 Å². The molecule has 102 heavy (non-hydrogen) atoms.